The highest BCUT2D eigenvalue weighted by Crippen LogP contribution is 2.40. The fraction of sp³-hybridized carbons (Fsp3) is 0.250. The first-order valence-corrected chi connectivity index (χ1v) is 12.3. The highest BCUT2D eigenvalue weighted by molar-refractivity contribution is 7.90. The number of aliphatic hydroxyl groups is 1. The average Bonchev–Trinajstić information content (AvgIpc) is 3.33. The van der Waals surface area contributed by atoms with Gasteiger partial charge in [0.05, 0.1) is 24.3 Å². The molecule has 0 bridgehead atoms. The molecule has 0 fully saturated rings. The van der Waals surface area contributed by atoms with Gasteiger partial charge in [-0.2, -0.15) is 0 Å². The molecular weight excluding hydrogens is 472 g/mol. The van der Waals surface area contributed by atoms with Crippen molar-refractivity contribution < 1.29 is 27.8 Å². The molecule has 0 aliphatic carbocycles. The summed E-state index contributed by atoms with van der Waals surface area (Å²) in [6.07, 6.45) is 1.27. The van der Waals surface area contributed by atoms with Crippen molar-refractivity contribution in [2.75, 3.05) is 33.1 Å². The van der Waals surface area contributed by atoms with E-state index in [-0.39, 0.29) is 4.90 Å². The standard InChI is InChI=1S/C24H26N4O6S/c1-28(2)23(29)15-4-6-17(7-5-15)35(31,32)27-24(30)26-22-18(8-9-20-19(22)11-13-34-20)16-10-12-25-21(14-16)33-3/h4-10,12,14,23,29H,11,13H2,1-3H3,(H2,26,27,30). The van der Waals surface area contributed by atoms with Crippen LogP contribution in [0.4, 0.5) is 10.5 Å². The number of hydrogen-bond donors (Lipinski definition) is 3. The fourth-order valence-corrected chi connectivity index (χ4v) is 4.69. The largest absolute Gasteiger partial charge is 0.493 e. The number of urea groups is 1. The van der Waals surface area contributed by atoms with Crippen LogP contribution < -0.4 is 19.5 Å². The third-order valence-corrected chi connectivity index (χ3v) is 6.92. The quantitative estimate of drug-likeness (QED) is 0.424. The number of benzene rings is 2. The van der Waals surface area contributed by atoms with Crippen molar-refractivity contribution in [1.29, 1.82) is 0 Å². The van der Waals surface area contributed by atoms with E-state index in [4.69, 9.17) is 9.47 Å². The van der Waals surface area contributed by atoms with Crippen LogP contribution in [0.3, 0.4) is 0 Å². The molecule has 3 aromatic rings. The van der Waals surface area contributed by atoms with E-state index in [1.165, 1.54) is 31.4 Å². The second-order valence-electron chi connectivity index (χ2n) is 8.12. The molecule has 4 rings (SSSR count). The number of methoxy groups -OCH3 is 1. The molecule has 1 unspecified atom stereocenters. The average molecular weight is 499 g/mol. The second-order valence-corrected chi connectivity index (χ2v) is 9.80. The number of sulfonamides is 1. The predicted octanol–water partition coefficient (Wildman–Crippen LogP) is 2.76. The number of carbonyl (C=O) groups excluding carboxylic acids is 1. The van der Waals surface area contributed by atoms with E-state index in [9.17, 15) is 18.3 Å². The number of carbonyl (C=O) groups is 1. The SMILES string of the molecule is COc1cc(-c2ccc3c(c2NC(=O)NS(=O)(=O)c2ccc(C(O)N(C)C)cc2)CCO3)ccn1. The van der Waals surface area contributed by atoms with Gasteiger partial charge in [0.1, 0.15) is 12.0 Å². The van der Waals surface area contributed by atoms with Crippen LogP contribution in [0.2, 0.25) is 0 Å². The van der Waals surface area contributed by atoms with Crippen molar-refractivity contribution in [2.24, 2.45) is 0 Å². The third kappa shape index (κ3) is 5.21. The van der Waals surface area contributed by atoms with Crippen LogP contribution in [0.25, 0.3) is 11.1 Å². The van der Waals surface area contributed by atoms with E-state index >= 15 is 0 Å². The maximum Gasteiger partial charge on any atom is 0.333 e. The van der Waals surface area contributed by atoms with E-state index in [0.29, 0.717) is 41.5 Å². The molecule has 3 N–H and O–H groups in total. The zero-order valence-corrected chi connectivity index (χ0v) is 20.3. The lowest BCUT2D eigenvalue weighted by atomic mass is 9.99. The Morgan fingerprint density at radius 1 is 1.17 bits per heavy atom. The number of aliphatic hydroxyl groups excluding tert-OH is 1. The molecule has 184 valence electrons. The maximum atomic E-state index is 12.8. The molecular formula is C24H26N4O6S. The predicted molar refractivity (Wildman–Crippen MR) is 130 cm³/mol. The summed E-state index contributed by atoms with van der Waals surface area (Å²) in [7, 11) is 0.739. The zero-order chi connectivity index (χ0) is 25.2. The van der Waals surface area contributed by atoms with Crippen LogP contribution in [0, 0.1) is 0 Å². The third-order valence-electron chi connectivity index (χ3n) is 5.58. The molecule has 0 saturated carbocycles. The molecule has 10 nitrogen and oxygen atoms in total. The Morgan fingerprint density at radius 3 is 2.60 bits per heavy atom. The van der Waals surface area contributed by atoms with Gasteiger partial charge in [0.2, 0.25) is 5.88 Å². The van der Waals surface area contributed by atoms with Gasteiger partial charge in [0.25, 0.3) is 10.0 Å². The van der Waals surface area contributed by atoms with Crippen molar-refractivity contribution in [1.82, 2.24) is 14.6 Å². The minimum Gasteiger partial charge on any atom is -0.493 e. The van der Waals surface area contributed by atoms with Crippen molar-refractivity contribution in [2.45, 2.75) is 17.5 Å². The van der Waals surface area contributed by atoms with Gasteiger partial charge >= 0.3 is 6.03 Å². The first-order valence-electron chi connectivity index (χ1n) is 10.8. The van der Waals surface area contributed by atoms with Gasteiger partial charge in [-0.15, -0.1) is 0 Å². The van der Waals surface area contributed by atoms with E-state index in [1.807, 2.05) is 6.07 Å². The molecule has 1 aliphatic heterocycles. The summed E-state index contributed by atoms with van der Waals surface area (Å²) in [5.74, 6) is 1.03. The molecule has 2 aromatic carbocycles. The number of aromatic nitrogens is 1. The van der Waals surface area contributed by atoms with Crippen molar-refractivity contribution in [3.05, 3.63) is 65.9 Å². The number of pyridine rings is 1. The molecule has 2 amide bonds. The van der Waals surface area contributed by atoms with Gasteiger partial charge in [-0.25, -0.2) is 22.9 Å². The van der Waals surface area contributed by atoms with Crippen LogP contribution in [-0.4, -0.2) is 57.3 Å². The number of anilines is 1. The normalized spacial score (nSPS) is 13.6. The number of rotatable bonds is 7. The number of ether oxygens (including phenoxy) is 2. The molecule has 1 aromatic heterocycles. The minimum absolute atomic E-state index is 0.108. The Balaban J connectivity index is 1.60. The number of fused-ring (bicyclic) bond motifs is 1. The minimum atomic E-state index is -4.16. The Labute approximate surface area is 203 Å². The summed E-state index contributed by atoms with van der Waals surface area (Å²) < 4.78 is 38.5. The number of nitrogens with one attached hydrogen (secondary N) is 2. The van der Waals surface area contributed by atoms with Gasteiger partial charge in [0, 0.05) is 29.8 Å². The second kappa shape index (κ2) is 9.90. The lowest BCUT2D eigenvalue weighted by molar-refractivity contribution is 0.0395. The molecule has 0 radical (unpaired) electrons. The smallest absolute Gasteiger partial charge is 0.333 e. The van der Waals surface area contributed by atoms with Crippen LogP contribution in [0.5, 0.6) is 11.6 Å². The summed E-state index contributed by atoms with van der Waals surface area (Å²) >= 11 is 0. The van der Waals surface area contributed by atoms with Gasteiger partial charge in [0.15, 0.2) is 0 Å². The molecule has 2 heterocycles. The van der Waals surface area contributed by atoms with Gasteiger partial charge in [-0.1, -0.05) is 12.1 Å². The number of amides is 2. The van der Waals surface area contributed by atoms with Crippen LogP contribution in [-0.2, 0) is 16.4 Å². The summed E-state index contributed by atoms with van der Waals surface area (Å²) in [5, 5.41) is 12.8. The Hall–Kier alpha value is -3.67. The highest BCUT2D eigenvalue weighted by Gasteiger charge is 2.24. The topological polar surface area (TPSA) is 130 Å². The maximum absolute atomic E-state index is 12.8. The molecule has 0 spiro atoms. The number of hydrogen-bond acceptors (Lipinski definition) is 8. The highest BCUT2D eigenvalue weighted by atomic mass is 32.2. The summed E-state index contributed by atoms with van der Waals surface area (Å²) in [4.78, 5) is 18.4. The first-order chi connectivity index (χ1) is 16.7. The van der Waals surface area contributed by atoms with Crippen molar-refractivity contribution in [3.8, 4) is 22.8 Å². The van der Waals surface area contributed by atoms with Crippen LogP contribution in [0.15, 0.2) is 59.6 Å². The summed E-state index contributed by atoms with van der Waals surface area (Å²) in [5.41, 5.74) is 3.15. The summed E-state index contributed by atoms with van der Waals surface area (Å²) in [6.45, 7) is 0.457. The Kier molecular flexibility index (Phi) is 6.92. The first kappa shape index (κ1) is 24.5. The van der Waals surface area contributed by atoms with Crippen molar-refractivity contribution >= 4 is 21.7 Å². The van der Waals surface area contributed by atoms with Gasteiger partial charge in [-0.05, 0) is 55.6 Å². The summed E-state index contributed by atoms with van der Waals surface area (Å²) in [6, 6.07) is 11.8. The van der Waals surface area contributed by atoms with Gasteiger partial charge < -0.3 is 19.9 Å². The molecule has 0 saturated heterocycles. The van der Waals surface area contributed by atoms with E-state index < -0.39 is 22.3 Å². The lowest BCUT2D eigenvalue weighted by Crippen LogP contribution is -2.34. The zero-order valence-electron chi connectivity index (χ0n) is 19.5. The van der Waals surface area contributed by atoms with Crippen molar-refractivity contribution in [3.63, 3.8) is 0 Å². The Morgan fingerprint density at radius 2 is 1.91 bits per heavy atom. The Bertz CT molecular complexity index is 1340. The van der Waals surface area contributed by atoms with E-state index in [0.717, 1.165) is 11.1 Å². The van der Waals surface area contributed by atoms with Gasteiger partial charge in [-0.3, -0.25) is 4.90 Å². The van der Waals surface area contributed by atoms with Crippen LogP contribution in [0.1, 0.15) is 17.4 Å². The molecule has 1 atom stereocenters. The molecule has 35 heavy (non-hydrogen) atoms. The monoisotopic (exact) mass is 498 g/mol. The fourth-order valence-electron chi connectivity index (χ4n) is 3.78. The van der Waals surface area contributed by atoms with E-state index in [2.05, 4.69) is 15.0 Å². The molecule has 1 aliphatic rings. The lowest BCUT2D eigenvalue weighted by Gasteiger charge is -2.19. The molecule has 11 heteroatoms. The van der Waals surface area contributed by atoms with E-state index in [1.54, 1.807) is 43.4 Å². The number of nitrogens with zero attached hydrogens (tertiary/aromatic N) is 2. The van der Waals surface area contributed by atoms with Crippen LogP contribution >= 0.6 is 0 Å².